The molecule has 0 aliphatic heterocycles. The summed E-state index contributed by atoms with van der Waals surface area (Å²) in [5.41, 5.74) is 5.34. The first-order chi connectivity index (χ1) is 6.26. The summed E-state index contributed by atoms with van der Waals surface area (Å²) in [6.07, 6.45) is 0. The summed E-state index contributed by atoms with van der Waals surface area (Å²) >= 11 is 0. The zero-order valence-electron chi connectivity index (χ0n) is 9.92. The van der Waals surface area contributed by atoms with Crippen LogP contribution in [0.25, 0.3) is 0 Å². The van der Waals surface area contributed by atoms with Crippen molar-refractivity contribution in [2.75, 3.05) is 20.1 Å². The van der Waals surface area contributed by atoms with Gasteiger partial charge in [-0.25, -0.2) is 0 Å². The van der Waals surface area contributed by atoms with Gasteiger partial charge in [0.15, 0.2) is 0 Å². The summed E-state index contributed by atoms with van der Waals surface area (Å²) in [5.74, 6) is 0.0419. The van der Waals surface area contributed by atoms with Crippen molar-refractivity contribution < 1.29 is 4.79 Å². The second-order valence-corrected chi connectivity index (χ2v) is 4.80. The van der Waals surface area contributed by atoms with Crippen molar-refractivity contribution >= 4 is 5.91 Å². The predicted molar refractivity (Wildman–Crippen MR) is 59.0 cm³/mol. The quantitative estimate of drug-likeness (QED) is 0.682. The number of nitrogens with zero attached hydrogens (tertiary/aromatic N) is 1. The largest absolute Gasteiger partial charge is 0.350 e. The lowest BCUT2D eigenvalue weighted by Gasteiger charge is -2.26. The first-order valence-electron chi connectivity index (χ1n) is 4.97. The average Bonchev–Trinajstić information content (AvgIpc) is 1.99. The first kappa shape index (κ1) is 13.4. The van der Waals surface area contributed by atoms with Crippen LogP contribution in [-0.4, -0.2) is 42.5 Å². The molecule has 0 aromatic heterocycles. The van der Waals surface area contributed by atoms with Crippen LogP contribution in [-0.2, 0) is 4.79 Å². The van der Waals surface area contributed by atoms with Crippen molar-refractivity contribution in [2.24, 2.45) is 5.73 Å². The highest BCUT2D eigenvalue weighted by Gasteiger charge is 2.16. The molecule has 3 N–H and O–H groups in total. The molecule has 0 saturated heterocycles. The van der Waals surface area contributed by atoms with E-state index in [0.717, 1.165) is 0 Å². The number of likely N-dealkylation sites (N-methyl/N-ethyl adjacent to an activating group) is 1. The van der Waals surface area contributed by atoms with E-state index in [1.165, 1.54) is 0 Å². The second kappa shape index (κ2) is 5.32. The molecule has 0 aliphatic carbocycles. The fraction of sp³-hybridized carbons (Fsp3) is 0.900. The first-order valence-corrected chi connectivity index (χ1v) is 4.97. The molecule has 0 aliphatic rings. The van der Waals surface area contributed by atoms with E-state index in [-0.39, 0.29) is 17.5 Å². The Bertz CT molecular complexity index is 186. The molecular formula is C10H23N3O. The normalized spacial score (nSPS) is 14.2. The van der Waals surface area contributed by atoms with Gasteiger partial charge >= 0.3 is 0 Å². The maximum absolute atomic E-state index is 11.5. The van der Waals surface area contributed by atoms with Crippen molar-refractivity contribution in [1.82, 2.24) is 10.2 Å². The molecule has 0 saturated carbocycles. The monoisotopic (exact) mass is 201 g/mol. The van der Waals surface area contributed by atoms with E-state index in [4.69, 9.17) is 5.73 Å². The summed E-state index contributed by atoms with van der Waals surface area (Å²) in [6, 6.07) is 0.237. The molecule has 0 aromatic carbocycles. The lowest BCUT2D eigenvalue weighted by Crippen LogP contribution is -2.47. The smallest absolute Gasteiger partial charge is 0.234 e. The molecule has 0 heterocycles. The van der Waals surface area contributed by atoms with Gasteiger partial charge in [-0.3, -0.25) is 9.69 Å². The number of rotatable bonds is 4. The van der Waals surface area contributed by atoms with Crippen LogP contribution in [0.2, 0.25) is 0 Å². The van der Waals surface area contributed by atoms with Gasteiger partial charge in [0.1, 0.15) is 0 Å². The molecule has 0 bridgehead atoms. The van der Waals surface area contributed by atoms with Gasteiger partial charge in [0.05, 0.1) is 6.54 Å². The molecule has 4 nitrogen and oxygen atoms in total. The Hall–Kier alpha value is -0.610. The number of hydrogen-bond acceptors (Lipinski definition) is 3. The highest BCUT2D eigenvalue weighted by molar-refractivity contribution is 5.78. The third kappa shape index (κ3) is 5.94. The number of nitrogens with one attached hydrogen (secondary N) is 1. The van der Waals surface area contributed by atoms with E-state index in [0.29, 0.717) is 13.1 Å². The Morgan fingerprint density at radius 3 is 2.36 bits per heavy atom. The molecule has 0 radical (unpaired) electrons. The van der Waals surface area contributed by atoms with Gasteiger partial charge in [0.2, 0.25) is 5.91 Å². The predicted octanol–water partition coefficient (Wildman–Crippen LogP) is 0.180. The Kier molecular flexibility index (Phi) is 5.08. The lowest BCUT2D eigenvalue weighted by molar-refractivity contribution is -0.123. The Morgan fingerprint density at radius 2 is 2.00 bits per heavy atom. The van der Waals surface area contributed by atoms with Crippen LogP contribution in [0, 0.1) is 0 Å². The van der Waals surface area contributed by atoms with Gasteiger partial charge in [-0.05, 0) is 34.7 Å². The zero-order chi connectivity index (χ0) is 11.4. The van der Waals surface area contributed by atoms with E-state index in [2.05, 4.69) is 5.32 Å². The van der Waals surface area contributed by atoms with Crippen molar-refractivity contribution in [3.05, 3.63) is 0 Å². The highest BCUT2D eigenvalue weighted by Crippen LogP contribution is 1.99. The Balaban J connectivity index is 3.95. The number of nitrogens with two attached hydrogens (primary N) is 1. The lowest BCUT2D eigenvalue weighted by atomic mass is 10.1. The van der Waals surface area contributed by atoms with Crippen molar-refractivity contribution in [3.8, 4) is 0 Å². The molecule has 0 rings (SSSR count). The molecule has 1 unspecified atom stereocenters. The summed E-state index contributed by atoms with van der Waals surface area (Å²) in [7, 11) is 1.90. The van der Waals surface area contributed by atoms with Crippen molar-refractivity contribution in [3.63, 3.8) is 0 Å². The third-order valence-electron chi connectivity index (χ3n) is 2.00. The van der Waals surface area contributed by atoms with Crippen LogP contribution in [0.3, 0.4) is 0 Å². The highest BCUT2D eigenvalue weighted by atomic mass is 16.2. The van der Waals surface area contributed by atoms with Crippen LogP contribution >= 0.6 is 0 Å². The van der Waals surface area contributed by atoms with Crippen LogP contribution in [0.15, 0.2) is 0 Å². The van der Waals surface area contributed by atoms with Crippen LogP contribution in [0.1, 0.15) is 27.7 Å². The van der Waals surface area contributed by atoms with E-state index in [1.807, 2.05) is 39.6 Å². The summed E-state index contributed by atoms with van der Waals surface area (Å²) in [5, 5.41) is 2.91. The molecule has 1 atom stereocenters. The molecule has 0 aromatic rings. The third-order valence-corrected chi connectivity index (χ3v) is 2.00. The van der Waals surface area contributed by atoms with Crippen LogP contribution < -0.4 is 11.1 Å². The maximum Gasteiger partial charge on any atom is 0.234 e. The van der Waals surface area contributed by atoms with Gasteiger partial charge < -0.3 is 11.1 Å². The van der Waals surface area contributed by atoms with Gasteiger partial charge in [0, 0.05) is 18.1 Å². The number of carbonyl (C=O) groups excluding carboxylic acids is 1. The second-order valence-electron chi connectivity index (χ2n) is 4.80. The van der Waals surface area contributed by atoms with Gasteiger partial charge in [0.25, 0.3) is 0 Å². The van der Waals surface area contributed by atoms with Gasteiger partial charge in [-0.15, -0.1) is 0 Å². The van der Waals surface area contributed by atoms with Gasteiger partial charge in [-0.1, -0.05) is 0 Å². The van der Waals surface area contributed by atoms with Crippen molar-refractivity contribution in [2.45, 2.75) is 39.3 Å². The van der Waals surface area contributed by atoms with Crippen LogP contribution in [0.4, 0.5) is 0 Å². The number of hydrogen-bond donors (Lipinski definition) is 2. The van der Waals surface area contributed by atoms with E-state index in [1.54, 1.807) is 0 Å². The molecule has 0 spiro atoms. The molecule has 4 heteroatoms. The van der Waals surface area contributed by atoms with Gasteiger partial charge in [-0.2, -0.15) is 0 Å². The Labute approximate surface area is 86.8 Å². The summed E-state index contributed by atoms with van der Waals surface area (Å²) in [4.78, 5) is 13.4. The van der Waals surface area contributed by atoms with E-state index in [9.17, 15) is 4.79 Å². The molecule has 1 amide bonds. The van der Waals surface area contributed by atoms with E-state index < -0.39 is 0 Å². The van der Waals surface area contributed by atoms with E-state index >= 15 is 0 Å². The topological polar surface area (TPSA) is 58.4 Å². The fourth-order valence-electron chi connectivity index (χ4n) is 1.02. The number of amides is 1. The standard InChI is InChI=1S/C10H23N3O/c1-8(6-11)13(5)7-9(14)12-10(2,3)4/h8H,6-7,11H2,1-5H3,(H,12,14). The molecule has 14 heavy (non-hydrogen) atoms. The summed E-state index contributed by atoms with van der Waals surface area (Å²) < 4.78 is 0. The molecular weight excluding hydrogens is 178 g/mol. The average molecular weight is 201 g/mol. The van der Waals surface area contributed by atoms with Crippen LogP contribution in [0.5, 0.6) is 0 Å². The van der Waals surface area contributed by atoms with Crippen molar-refractivity contribution in [1.29, 1.82) is 0 Å². The minimum Gasteiger partial charge on any atom is -0.350 e. The fourth-order valence-corrected chi connectivity index (χ4v) is 1.02. The Morgan fingerprint density at radius 1 is 1.50 bits per heavy atom. The molecule has 0 fully saturated rings. The zero-order valence-corrected chi connectivity index (χ0v) is 9.92. The number of carbonyl (C=O) groups is 1. The maximum atomic E-state index is 11.5. The minimum atomic E-state index is -0.163. The molecule has 84 valence electrons. The SMILES string of the molecule is CC(CN)N(C)CC(=O)NC(C)(C)C. The minimum absolute atomic E-state index is 0.0419. The summed E-state index contributed by atoms with van der Waals surface area (Å²) in [6.45, 7) is 8.88.